The lowest BCUT2D eigenvalue weighted by atomic mass is 10.0. The highest BCUT2D eigenvalue weighted by Gasteiger charge is 2.13. The zero-order valence-corrected chi connectivity index (χ0v) is 19.0. The van der Waals surface area contributed by atoms with Crippen molar-refractivity contribution in [2.75, 3.05) is 26.0 Å². The van der Waals surface area contributed by atoms with E-state index in [-0.39, 0.29) is 18.4 Å². The Morgan fingerprint density at radius 2 is 1.80 bits per heavy atom. The third kappa shape index (κ3) is 5.69. The molecule has 3 aromatic rings. The first kappa shape index (κ1) is 22.0. The second kappa shape index (κ2) is 9.88. The van der Waals surface area contributed by atoms with Crippen molar-refractivity contribution in [3.8, 4) is 11.3 Å². The van der Waals surface area contributed by atoms with E-state index in [9.17, 15) is 9.59 Å². The summed E-state index contributed by atoms with van der Waals surface area (Å²) in [6.07, 6.45) is 0. The summed E-state index contributed by atoms with van der Waals surface area (Å²) < 4.78 is 1.95. The quantitative estimate of drug-likeness (QED) is 0.534. The first-order chi connectivity index (χ1) is 14.3. The van der Waals surface area contributed by atoms with E-state index in [1.807, 2.05) is 68.0 Å². The molecule has 0 aliphatic rings. The lowest BCUT2D eigenvalue weighted by molar-refractivity contribution is -0.115. The Morgan fingerprint density at radius 3 is 2.50 bits per heavy atom. The first-order valence-corrected chi connectivity index (χ1v) is 11.0. The fourth-order valence-corrected chi connectivity index (χ4v) is 4.45. The molecule has 6 nitrogen and oxygen atoms in total. The maximum Gasteiger partial charge on any atom is 0.251 e. The van der Waals surface area contributed by atoms with Gasteiger partial charge in [0.05, 0.1) is 12.2 Å². The Kier molecular flexibility index (Phi) is 7.25. The van der Waals surface area contributed by atoms with E-state index in [0.717, 1.165) is 27.3 Å². The van der Waals surface area contributed by atoms with Crippen LogP contribution < -0.4 is 10.6 Å². The summed E-state index contributed by atoms with van der Waals surface area (Å²) in [4.78, 5) is 30.1. The minimum atomic E-state index is -0.315. The van der Waals surface area contributed by atoms with Crippen LogP contribution in [0.15, 0.2) is 52.7 Å². The molecule has 0 aliphatic carbocycles. The van der Waals surface area contributed by atoms with Crippen LogP contribution in [0.4, 0.5) is 5.13 Å². The summed E-state index contributed by atoms with van der Waals surface area (Å²) in [6.45, 7) is 3.96. The van der Waals surface area contributed by atoms with Crippen molar-refractivity contribution < 1.29 is 9.59 Å². The van der Waals surface area contributed by atoms with Gasteiger partial charge in [-0.1, -0.05) is 24.3 Å². The lowest BCUT2D eigenvalue weighted by Gasteiger charge is -2.10. The van der Waals surface area contributed by atoms with E-state index in [0.29, 0.717) is 10.7 Å². The third-order valence-corrected chi connectivity index (χ3v) is 5.87. The summed E-state index contributed by atoms with van der Waals surface area (Å²) in [5, 5.41) is 7.86. The molecule has 0 saturated carbocycles. The van der Waals surface area contributed by atoms with Crippen molar-refractivity contribution in [2.24, 2.45) is 0 Å². The SMILES string of the molecule is Cc1cccc(C)c1-c1csc(NC(=O)CNC(=O)c2cccc(SN(C)C)c2)n1. The monoisotopic (exact) mass is 440 g/mol. The molecule has 2 amide bonds. The minimum Gasteiger partial charge on any atom is -0.343 e. The Balaban J connectivity index is 1.58. The summed E-state index contributed by atoms with van der Waals surface area (Å²) in [5.74, 6) is -0.605. The van der Waals surface area contributed by atoms with E-state index < -0.39 is 0 Å². The van der Waals surface area contributed by atoms with Crippen molar-refractivity contribution in [3.63, 3.8) is 0 Å². The summed E-state index contributed by atoms with van der Waals surface area (Å²) in [5.41, 5.74) is 4.71. The van der Waals surface area contributed by atoms with E-state index in [2.05, 4.69) is 15.6 Å². The van der Waals surface area contributed by atoms with Gasteiger partial charge < -0.3 is 10.6 Å². The third-order valence-electron chi connectivity index (χ3n) is 4.28. The van der Waals surface area contributed by atoms with Gasteiger partial charge in [0.1, 0.15) is 0 Å². The molecule has 0 spiro atoms. The molecule has 2 aromatic carbocycles. The maximum absolute atomic E-state index is 12.4. The Labute approximate surface area is 184 Å². The van der Waals surface area contributed by atoms with Crippen LogP contribution in [0, 0.1) is 13.8 Å². The molecule has 0 bridgehead atoms. The number of nitrogens with zero attached hydrogens (tertiary/aromatic N) is 2. The molecule has 2 N–H and O–H groups in total. The lowest BCUT2D eigenvalue weighted by Crippen LogP contribution is -2.32. The minimum absolute atomic E-state index is 0.123. The van der Waals surface area contributed by atoms with Crippen LogP contribution in [0.5, 0.6) is 0 Å². The molecular formula is C22H24N4O2S2. The number of aromatic nitrogens is 1. The van der Waals surface area contributed by atoms with Crippen molar-refractivity contribution in [1.29, 1.82) is 0 Å². The van der Waals surface area contributed by atoms with Gasteiger partial charge in [0.25, 0.3) is 5.91 Å². The number of thiazole rings is 1. The van der Waals surface area contributed by atoms with Crippen LogP contribution in [0.2, 0.25) is 0 Å². The van der Waals surface area contributed by atoms with Gasteiger partial charge in [0.2, 0.25) is 5.91 Å². The van der Waals surface area contributed by atoms with Gasteiger partial charge in [-0.3, -0.25) is 13.9 Å². The highest BCUT2D eigenvalue weighted by Crippen LogP contribution is 2.30. The Hall–Kier alpha value is -2.68. The van der Waals surface area contributed by atoms with E-state index in [1.54, 1.807) is 12.1 Å². The van der Waals surface area contributed by atoms with Gasteiger partial charge in [-0.25, -0.2) is 4.98 Å². The zero-order chi connectivity index (χ0) is 21.7. The predicted octanol–water partition coefficient (Wildman–Crippen LogP) is 4.36. The van der Waals surface area contributed by atoms with Gasteiger partial charge in [-0.2, -0.15) is 0 Å². The zero-order valence-electron chi connectivity index (χ0n) is 17.4. The fourth-order valence-electron chi connectivity index (χ4n) is 3.00. The van der Waals surface area contributed by atoms with Gasteiger partial charge in [0, 0.05) is 21.4 Å². The van der Waals surface area contributed by atoms with Crippen molar-refractivity contribution in [1.82, 2.24) is 14.6 Å². The summed E-state index contributed by atoms with van der Waals surface area (Å²) >= 11 is 2.89. The molecular weight excluding hydrogens is 416 g/mol. The van der Waals surface area contributed by atoms with Crippen molar-refractivity contribution in [2.45, 2.75) is 18.7 Å². The molecule has 1 aromatic heterocycles. The number of nitrogens with one attached hydrogen (secondary N) is 2. The molecule has 0 saturated heterocycles. The molecule has 0 radical (unpaired) electrons. The number of carbonyl (C=O) groups excluding carboxylic acids is 2. The number of aryl methyl sites for hydroxylation is 2. The largest absolute Gasteiger partial charge is 0.343 e. The topological polar surface area (TPSA) is 74.3 Å². The number of rotatable bonds is 7. The van der Waals surface area contributed by atoms with E-state index in [4.69, 9.17) is 0 Å². The van der Waals surface area contributed by atoms with E-state index >= 15 is 0 Å². The van der Waals surface area contributed by atoms with Crippen molar-refractivity contribution >= 4 is 40.2 Å². The number of carbonyl (C=O) groups is 2. The molecule has 1 heterocycles. The Morgan fingerprint density at radius 1 is 1.10 bits per heavy atom. The molecule has 3 rings (SSSR count). The maximum atomic E-state index is 12.4. The summed E-state index contributed by atoms with van der Waals surface area (Å²) in [6, 6.07) is 13.4. The second-order valence-electron chi connectivity index (χ2n) is 6.97. The number of anilines is 1. The van der Waals surface area contributed by atoms with Gasteiger partial charge in [-0.15, -0.1) is 11.3 Å². The smallest absolute Gasteiger partial charge is 0.251 e. The average molecular weight is 441 g/mol. The first-order valence-electron chi connectivity index (χ1n) is 9.39. The summed E-state index contributed by atoms with van der Waals surface area (Å²) in [7, 11) is 3.87. The molecule has 0 unspecified atom stereocenters. The number of benzene rings is 2. The number of hydrogen-bond donors (Lipinski definition) is 2. The molecule has 30 heavy (non-hydrogen) atoms. The standard InChI is InChI=1S/C22H24N4O2S2/c1-14-7-5-8-15(2)20(14)18-13-29-22(24-18)25-19(27)12-23-21(28)16-9-6-10-17(11-16)30-26(3)4/h5-11,13H,12H2,1-4H3,(H,23,28)(H,24,25,27). The second-order valence-corrected chi connectivity index (χ2v) is 9.21. The highest BCUT2D eigenvalue weighted by atomic mass is 32.2. The normalized spacial score (nSPS) is 10.8. The van der Waals surface area contributed by atoms with Gasteiger partial charge in [0.15, 0.2) is 5.13 Å². The number of amides is 2. The predicted molar refractivity (Wildman–Crippen MR) is 124 cm³/mol. The van der Waals surface area contributed by atoms with Crippen molar-refractivity contribution in [3.05, 3.63) is 64.5 Å². The molecule has 0 atom stereocenters. The van der Waals surface area contributed by atoms with Gasteiger partial charge in [-0.05, 0) is 69.2 Å². The highest BCUT2D eigenvalue weighted by molar-refractivity contribution is 7.97. The van der Waals surface area contributed by atoms with Crippen LogP contribution in [0.25, 0.3) is 11.3 Å². The molecule has 156 valence electrons. The number of hydrogen-bond acceptors (Lipinski definition) is 6. The van der Waals surface area contributed by atoms with Crippen LogP contribution >= 0.6 is 23.3 Å². The van der Waals surface area contributed by atoms with Crippen LogP contribution in [0.3, 0.4) is 0 Å². The Bertz CT molecular complexity index is 1040. The van der Waals surface area contributed by atoms with Crippen LogP contribution in [-0.4, -0.2) is 41.7 Å². The van der Waals surface area contributed by atoms with Gasteiger partial charge >= 0.3 is 0 Å². The molecule has 8 heteroatoms. The molecule has 0 fully saturated rings. The van der Waals surface area contributed by atoms with Crippen LogP contribution in [0.1, 0.15) is 21.5 Å². The van der Waals surface area contributed by atoms with E-state index in [1.165, 1.54) is 23.3 Å². The van der Waals surface area contributed by atoms with Crippen LogP contribution in [-0.2, 0) is 4.79 Å². The molecule has 0 aliphatic heterocycles. The average Bonchev–Trinajstić information content (AvgIpc) is 3.13. The fraction of sp³-hybridized carbons (Fsp3) is 0.227.